The van der Waals surface area contributed by atoms with E-state index in [1.165, 1.54) is 12.1 Å². The van der Waals surface area contributed by atoms with Gasteiger partial charge in [-0.15, -0.1) is 0 Å². The van der Waals surface area contributed by atoms with E-state index in [-0.39, 0.29) is 10.1 Å². The van der Waals surface area contributed by atoms with E-state index in [1.54, 1.807) is 24.5 Å². The lowest BCUT2D eigenvalue weighted by Crippen LogP contribution is -2.27. The van der Waals surface area contributed by atoms with Crippen LogP contribution >= 0.6 is 39.1 Å². The second-order valence-electron chi connectivity index (χ2n) is 7.76. The van der Waals surface area contributed by atoms with E-state index < -0.39 is 17.3 Å². The third-order valence-electron chi connectivity index (χ3n) is 4.47. The number of pyridine rings is 1. The molecule has 10 heteroatoms. The predicted octanol–water partition coefficient (Wildman–Crippen LogP) is 6.20. The first-order valence-corrected chi connectivity index (χ1v) is 14.0. The molecule has 0 saturated carbocycles. The molecule has 0 amide bonds. The number of hydrogen-bond donors (Lipinski definition) is 1. The van der Waals surface area contributed by atoms with Crippen LogP contribution in [-0.4, -0.2) is 18.6 Å². The van der Waals surface area contributed by atoms with Crippen molar-refractivity contribution in [3.8, 4) is 5.75 Å². The largest absolute Gasteiger partial charge is 0.454 e. The van der Waals surface area contributed by atoms with E-state index in [2.05, 4.69) is 57.6 Å². The summed E-state index contributed by atoms with van der Waals surface area (Å²) in [7, 11) is -6.50. The number of nitrogens with two attached hydrogens (primary N) is 1. The summed E-state index contributed by atoms with van der Waals surface area (Å²) < 4.78 is 36.8. The normalized spacial score (nSPS) is 14.0. The summed E-state index contributed by atoms with van der Waals surface area (Å²) in [5.41, 5.74) is 0.598. The Balaban J connectivity index is 2.28. The second kappa shape index (κ2) is 9.16. The molecule has 1 aromatic heterocycles. The smallest absolute Gasteiger partial charge is 0.238 e. The van der Waals surface area contributed by atoms with Gasteiger partial charge in [0.15, 0.2) is 7.28 Å². The fourth-order valence-corrected chi connectivity index (χ4v) is 7.73. The van der Waals surface area contributed by atoms with Crippen LogP contribution in [0.1, 0.15) is 20.8 Å². The predicted molar refractivity (Wildman–Crippen MR) is 133 cm³/mol. The minimum Gasteiger partial charge on any atom is -0.454 e. The maximum absolute atomic E-state index is 11.6. The molecule has 0 unspecified atom stereocenters. The van der Waals surface area contributed by atoms with Crippen LogP contribution in [-0.2, 0) is 10.0 Å². The van der Waals surface area contributed by atoms with Crippen LogP contribution in [0, 0.1) is 0 Å². The van der Waals surface area contributed by atoms with Crippen molar-refractivity contribution < 1.29 is 12.9 Å². The number of rotatable bonds is 5. The Morgan fingerprint density at radius 3 is 2.13 bits per heavy atom. The molecule has 0 fully saturated rings. The maximum atomic E-state index is 11.6. The van der Waals surface area contributed by atoms with E-state index >= 15 is 0 Å². The maximum Gasteiger partial charge on any atom is 0.238 e. The summed E-state index contributed by atoms with van der Waals surface area (Å²) in [6.45, 7) is 6.24. The van der Waals surface area contributed by atoms with Crippen LogP contribution in [0.4, 0.5) is 5.69 Å². The molecule has 2 N–H and O–H groups in total. The molecule has 3 rings (SSSR count). The van der Waals surface area contributed by atoms with Crippen LogP contribution in [0.5, 0.6) is 5.75 Å². The third kappa shape index (κ3) is 5.46. The zero-order chi connectivity index (χ0) is 22.9. The first kappa shape index (κ1) is 24.1. The SMILES string of the molecule is CC(C)(C)[P@@](=Nc1ccc(S(N)(=O)=O)cc1)(Oc1ccc(Br)cc1Br)c1ccncc1. The Labute approximate surface area is 199 Å². The molecule has 164 valence electrons. The lowest BCUT2D eigenvalue weighted by Gasteiger charge is -2.37. The zero-order valence-electron chi connectivity index (χ0n) is 17.2. The molecule has 2 aromatic carbocycles. The van der Waals surface area contributed by atoms with E-state index in [9.17, 15) is 8.42 Å². The van der Waals surface area contributed by atoms with Crippen LogP contribution in [0.25, 0.3) is 0 Å². The lowest BCUT2D eigenvalue weighted by atomic mass is 10.3. The minimum absolute atomic E-state index is 0.0339. The van der Waals surface area contributed by atoms with Gasteiger partial charge in [-0.3, -0.25) is 4.98 Å². The van der Waals surface area contributed by atoms with E-state index in [1.807, 2.05) is 30.3 Å². The first-order chi connectivity index (χ1) is 14.4. The Hall–Kier alpha value is -1.51. The molecule has 1 heterocycles. The highest BCUT2D eigenvalue weighted by Crippen LogP contribution is 2.62. The number of hydrogen-bond acceptors (Lipinski definition) is 5. The highest BCUT2D eigenvalue weighted by molar-refractivity contribution is 9.11. The van der Waals surface area contributed by atoms with Crippen molar-refractivity contribution in [2.75, 3.05) is 0 Å². The first-order valence-electron chi connectivity index (χ1n) is 9.23. The molecule has 0 aliphatic rings. The fourth-order valence-electron chi connectivity index (χ4n) is 2.91. The van der Waals surface area contributed by atoms with Crippen molar-refractivity contribution in [1.82, 2.24) is 4.98 Å². The monoisotopic (exact) mass is 585 g/mol. The Morgan fingerprint density at radius 1 is 1.00 bits per heavy atom. The number of halogens is 2. The van der Waals surface area contributed by atoms with Crippen LogP contribution < -0.4 is 15.0 Å². The molecule has 0 aliphatic carbocycles. The Kier molecular flexibility index (Phi) is 7.13. The summed E-state index contributed by atoms with van der Waals surface area (Å²) in [4.78, 5) is 4.18. The molecule has 1 atom stereocenters. The number of primary sulfonamides is 1. The van der Waals surface area contributed by atoms with E-state index in [0.717, 1.165) is 14.2 Å². The molecular weight excluding hydrogens is 565 g/mol. The van der Waals surface area contributed by atoms with E-state index in [4.69, 9.17) is 14.4 Å². The fraction of sp³-hybridized carbons (Fsp3) is 0.190. The van der Waals surface area contributed by atoms with Gasteiger partial charge in [0.1, 0.15) is 5.75 Å². The van der Waals surface area contributed by atoms with Gasteiger partial charge in [0.05, 0.1) is 15.1 Å². The van der Waals surface area contributed by atoms with Crippen molar-refractivity contribution in [3.05, 3.63) is 75.9 Å². The molecule has 0 saturated heterocycles. The summed E-state index contributed by atoms with van der Waals surface area (Å²) in [5.74, 6) is 0.660. The molecule has 6 nitrogen and oxygen atoms in total. The number of aromatic nitrogens is 1. The van der Waals surface area contributed by atoms with Crippen LogP contribution in [0.15, 0.2) is 85.6 Å². The highest BCUT2D eigenvalue weighted by Gasteiger charge is 2.39. The summed E-state index contributed by atoms with van der Waals surface area (Å²) in [6, 6.07) is 15.7. The van der Waals surface area contributed by atoms with Crippen LogP contribution in [0.3, 0.4) is 0 Å². The van der Waals surface area contributed by atoms with Crippen molar-refractivity contribution >= 4 is 60.2 Å². The van der Waals surface area contributed by atoms with Gasteiger partial charge in [-0.2, -0.15) is 0 Å². The summed E-state index contributed by atoms with van der Waals surface area (Å²) >= 11 is 7.05. The van der Waals surface area contributed by atoms with Gasteiger partial charge in [0.25, 0.3) is 0 Å². The summed E-state index contributed by atoms with van der Waals surface area (Å²) in [6.07, 6.45) is 3.44. The molecule has 0 spiro atoms. The average Bonchev–Trinajstić information content (AvgIpc) is 2.69. The van der Waals surface area contributed by atoms with Gasteiger partial charge in [-0.05, 0) is 70.5 Å². The number of nitrogens with zero attached hydrogens (tertiary/aromatic N) is 2. The molecule has 0 aliphatic heterocycles. The van der Waals surface area contributed by atoms with Crippen molar-refractivity contribution in [1.29, 1.82) is 0 Å². The van der Waals surface area contributed by atoms with Gasteiger partial charge in [0.2, 0.25) is 10.0 Å². The minimum atomic E-state index is -3.78. The third-order valence-corrected chi connectivity index (χ3v) is 10.3. The van der Waals surface area contributed by atoms with Gasteiger partial charge < -0.3 is 4.52 Å². The van der Waals surface area contributed by atoms with Crippen molar-refractivity contribution in [2.45, 2.75) is 30.8 Å². The van der Waals surface area contributed by atoms with Crippen molar-refractivity contribution in [3.63, 3.8) is 0 Å². The van der Waals surface area contributed by atoms with Gasteiger partial charge in [-0.25, -0.2) is 18.3 Å². The molecule has 31 heavy (non-hydrogen) atoms. The standard InChI is InChI=1S/C21H22Br2N3O3PS/c1-21(2,3)30(17-10-12-25-13-11-17,29-20-9-4-15(22)14-19(20)23)26-16-5-7-18(8-6-16)31(24,27)28/h4-14H,1-3H3,(H2,24,27,28)/t30-/m0/s1. The quantitative estimate of drug-likeness (QED) is 0.360. The molecule has 0 bridgehead atoms. The molecule has 0 radical (unpaired) electrons. The van der Waals surface area contributed by atoms with Crippen molar-refractivity contribution in [2.24, 2.45) is 9.88 Å². The summed E-state index contributed by atoms with van der Waals surface area (Å²) in [5, 5.41) is 5.76. The van der Waals surface area contributed by atoms with Gasteiger partial charge >= 0.3 is 0 Å². The van der Waals surface area contributed by atoms with Crippen LogP contribution in [0.2, 0.25) is 0 Å². The molecular formula is C21H22Br2N3O3PS. The highest BCUT2D eigenvalue weighted by atomic mass is 79.9. The van der Waals surface area contributed by atoms with Gasteiger partial charge in [0, 0.05) is 27.3 Å². The number of sulfonamides is 1. The van der Waals surface area contributed by atoms with E-state index in [0.29, 0.717) is 11.4 Å². The van der Waals surface area contributed by atoms with Gasteiger partial charge in [-0.1, -0.05) is 36.7 Å². The number of benzene rings is 2. The Bertz CT molecular complexity index is 1240. The average molecular weight is 587 g/mol. The topological polar surface area (TPSA) is 94.6 Å². The second-order valence-corrected chi connectivity index (χ2v) is 14.5. The molecule has 3 aromatic rings. The lowest BCUT2D eigenvalue weighted by molar-refractivity contribution is 0.568. The Morgan fingerprint density at radius 2 is 1.61 bits per heavy atom. The zero-order valence-corrected chi connectivity index (χ0v) is 22.0.